The van der Waals surface area contributed by atoms with E-state index in [1.54, 1.807) is 22.7 Å². The van der Waals surface area contributed by atoms with Gasteiger partial charge < -0.3 is 10.1 Å². The number of anilines is 1. The fraction of sp³-hybridized carbons (Fsp3) is 0.333. The molecule has 0 spiro atoms. The number of esters is 1. The molecule has 3 aromatic rings. The topological polar surface area (TPSA) is 85.6 Å². The number of amides is 1. The number of aryl methyl sites for hydroxylation is 4. The molecule has 0 atom stereocenters. The lowest BCUT2D eigenvalue weighted by atomic mass is 10.1. The van der Waals surface area contributed by atoms with E-state index in [0.717, 1.165) is 33.9 Å². The average Bonchev–Trinajstić information content (AvgIpc) is 3.03. The Morgan fingerprint density at radius 2 is 1.93 bits per heavy atom. The highest BCUT2D eigenvalue weighted by Crippen LogP contribution is 2.20. The van der Waals surface area contributed by atoms with E-state index >= 15 is 0 Å². The molecule has 2 aromatic heterocycles. The molecule has 0 saturated carbocycles. The monoisotopic (exact) mass is 414 g/mol. The van der Waals surface area contributed by atoms with Crippen molar-refractivity contribution < 1.29 is 14.3 Å². The fourth-order valence-corrected chi connectivity index (χ4v) is 3.34. The summed E-state index contributed by atoms with van der Waals surface area (Å²) >= 11 is 5.94. The van der Waals surface area contributed by atoms with E-state index in [9.17, 15) is 9.59 Å². The van der Waals surface area contributed by atoms with Crippen molar-refractivity contribution in [3.05, 3.63) is 57.5 Å². The summed E-state index contributed by atoms with van der Waals surface area (Å²) in [6, 6.07) is 7.12. The van der Waals surface area contributed by atoms with Crippen molar-refractivity contribution in [3.8, 4) is 0 Å². The van der Waals surface area contributed by atoms with Gasteiger partial charge in [0.15, 0.2) is 12.3 Å². The van der Waals surface area contributed by atoms with Gasteiger partial charge in [0.05, 0.1) is 5.69 Å². The fourth-order valence-electron chi connectivity index (χ4n) is 3.16. The first-order valence-electron chi connectivity index (χ1n) is 9.28. The summed E-state index contributed by atoms with van der Waals surface area (Å²) in [5, 5.41) is 7.65. The van der Waals surface area contributed by atoms with Crippen LogP contribution in [-0.4, -0.2) is 33.1 Å². The highest BCUT2D eigenvalue weighted by molar-refractivity contribution is 6.31. The summed E-state index contributed by atoms with van der Waals surface area (Å²) < 4.78 is 6.89. The van der Waals surface area contributed by atoms with Crippen LogP contribution in [0.2, 0.25) is 5.02 Å². The first kappa shape index (κ1) is 20.8. The van der Waals surface area contributed by atoms with Crippen molar-refractivity contribution in [2.45, 2.75) is 40.5 Å². The number of halogens is 1. The molecule has 2 heterocycles. The summed E-state index contributed by atoms with van der Waals surface area (Å²) in [6.07, 6.45) is 0.617. The molecule has 1 N–H and O–H groups in total. The normalized spacial score (nSPS) is 10.9. The van der Waals surface area contributed by atoms with Gasteiger partial charge in [0, 0.05) is 34.6 Å². The molecule has 0 aliphatic carbocycles. The number of rotatable bonds is 6. The molecule has 152 valence electrons. The van der Waals surface area contributed by atoms with E-state index in [4.69, 9.17) is 16.3 Å². The van der Waals surface area contributed by atoms with Crippen LogP contribution in [0.15, 0.2) is 24.3 Å². The first-order valence-corrected chi connectivity index (χ1v) is 9.66. The predicted octanol–water partition coefficient (Wildman–Crippen LogP) is 3.73. The summed E-state index contributed by atoms with van der Waals surface area (Å²) in [7, 11) is 0. The lowest BCUT2D eigenvalue weighted by Gasteiger charge is -2.11. The third kappa shape index (κ3) is 4.92. The maximum atomic E-state index is 12.1. The number of hydrogen-bond donors (Lipinski definition) is 1. The van der Waals surface area contributed by atoms with E-state index in [2.05, 4.69) is 15.4 Å². The minimum Gasteiger partial charge on any atom is -0.456 e. The van der Waals surface area contributed by atoms with Crippen LogP contribution >= 0.6 is 11.6 Å². The number of carbonyl (C=O) groups is 2. The second kappa shape index (κ2) is 8.61. The van der Waals surface area contributed by atoms with Gasteiger partial charge in [-0.1, -0.05) is 17.7 Å². The van der Waals surface area contributed by atoms with Crippen LogP contribution in [0, 0.1) is 27.7 Å². The van der Waals surface area contributed by atoms with Crippen LogP contribution in [0.3, 0.4) is 0 Å². The molecule has 1 aromatic carbocycles. The van der Waals surface area contributed by atoms with Crippen molar-refractivity contribution >= 4 is 34.8 Å². The minimum absolute atomic E-state index is 0.151. The summed E-state index contributed by atoms with van der Waals surface area (Å²) in [5.41, 5.74) is 5.90. The predicted molar refractivity (Wildman–Crippen MR) is 111 cm³/mol. The molecule has 0 unspecified atom stereocenters. The summed E-state index contributed by atoms with van der Waals surface area (Å²) in [6.45, 7) is 7.29. The minimum atomic E-state index is -0.446. The van der Waals surface area contributed by atoms with Crippen LogP contribution in [0.1, 0.15) is 34.6 Å². The molecule has 0 radical (unpaired) electrons. The third-order valence-electron chi connectivity index (χ3n) is 4.70. The van der Waals surface area contributed by atoms with Crippen molar-refractivity contribution in [3.63, 3.8) is 0 Å². The lowest BCUT2D eigenvalue weighted by Crippen LogP contribution is -2.21. The lowest BCUT2D eigenvalue weighted by molar-refractivity contribution is -0.147. The Morgan fingerprint density at radius 3 is 2.69 bits per heavy atom. The van der Waals surface area contributed by atoms with E-state index in [1.807, 2.05) is 33.8 Å². The number of fused-ring (bicyclic) bond motifs is 1. The van der Waals surface area contributed by atoms with Gasteiger partial charge >= 0.3 is 5.97 Å². The van der Waals surface area contributed by atoms with Crippen molar-refractivity contribution in [2.75, 3.05) is 11.9 Å². The number of nitrogens with zero attached hydrogens (tertiary/aromatic N) is 3. The van der Waals surface area contributed by atoms with Crippen LogP contribution in [-0.2, 0) is 20.7 Å². The molecular formula is C21H23ClN4O3. The van der Waals surface area contributed by atoms with Gasteiger partial charge in [-0.25, -0.2) is 9.50 Å². The Bertz CT molecular complexity index is 1090. The SMILES string of the molecule is Cc1cc2nc(C)c(CCC(=O)OCC(=O)Nc3cc(Cl)ccc3C)c(C)n2n1. The van der Waals surface area contributed by atoms with Gasteiger partial charge in [0.2, 0.25) is 0 Å². The third-order valence-corrected chi connectivity index (χ3v) is 4.94. The number of carbonyl (C=O) groups excluding carboxylic acids is 2. The molecule has 3 rings (SSSR count). The quantitative estimate of drug-likeness (QED) is 0.621. The second-order valence-electron chi connectivity index (χ2n) is 6.99. The number of aromatic nitrogens is 3. The molecule has 7 nitrogen and oxygen atoms in total. The van der Waals surface area contributed by atoms with Gasteiger partial charge in [-0.15, -0.1) is 0 Å². The maximum Gasteiger partial charge on any atom is 0.306 e. The van der Waals surface area contributed by atoms with Gasteiger partial charge in [-0.2, -0.15) is 5.10 Å². The van der Waals surface area contributed by atoms with Crippen LogP contribution < -0.4 is 5.32 Å². The maximum absolute atomic E-state index is 12.1. The van der Waals surface area contributed by atoms with Gasteiger partial charge in [0.1, 0.15) is 0 Å². The summed E-state index contributed by atoms with van der Waals surface area (Å²) in [4.78, 5) is 28.7. The van der Waals surface area contributed by atoms with Gasteiger partial charge in [0.25, 0.3) is 5.91 Å². The first-order chi connectivity index (χ1) is 13.7. The molecular weight excluding hydrogens is 392 g/mol. The number of nitrogens with one attached hydrogen (secondary N) is 1. The zero-order valence-electron chi connectivity index (χ0n) is 16.9. The molecule has 0 aliphatic rings. The van der Waals surface area contributed by atoms with E-state index in [-0.39, 0.29) is 13.0 Å². The Hall–Kier alpha value is -2.93. The molecule has 1 amide bonds. The largest absolute Gasteiger partial charge is 0.456 e. The van der Waals surface area contributed by atoms with Gasteiger partial charge in [-0.3, -0.25) is 9.59 Å². The number of hydrogen-bond acceptors (Lipinski definition) is 5. The zero-order valence-corrected chi connectivity index (χ0v) is 17.6. The molecule has 8 heteroatoms. The highest BCUT2D eigenvalue weighted by atomic mass is 35.5. The second-order valence-corrected chi connectivity index (χ2v) is 7.42. The van der Waals surface area contributed by atoms with Crippen LogP contribution in [0.25, 0.3) is 5.65 Å². The Kier molecular flexibility index (Phi) is 6.17. The molecule has 0 fully saturated rings. The van der Waals surface area contributed by atoms with Crippen molar-refractivity contribution in [1.29, 1.82) is 0 Å². The smallest absolute Gasteiger partial charge is 0.306 e. The molecule has 0 aliphatic heterocycles. The standard InChI is InChI=1S/C21H23ClN4O3/c1-12-5-6-16(22)10-18(12)24-20(27)11-29-21(28)8-7-17-14(3)23-19-9-13(2)25-26(19)15(17)4/h5-6,9-10H,7-8,11H2,1-4H3,(H,24,27). The van der Waals surface area contributed by atoms with Gasteiger partial charge in [-0.05, 0) is 57.4 Å². The van der Waals surface area contributed by atoms with E-state index < -0.39 is 11.9 Å². The number of benzene rings is 1. The van der Waals surface area contributed by atoms with Crippen molar-refractivity contribution in [2.24, 2.45) is 0 Å². The highest BCUT2D eigenvalue weighted by Gasteiger charge is 2.14. The molecule has 29 heavy (non-hydrogen) atoms. The summed E-state index contributed by atoms with van der Waals surface area (Å²) in [5.74, 6) is -0.857. The van der Waals surface area contributed by atoms with Crippen LogP contribution in [0.5, 0.6) is 0 Å². The number of ether oxygens (including phenoxy) is 1. The Labute approximate surface area is 174 Å². The van der Waals surface area contributed by atoms with Crippen LogP contribution in [0.4, 0.5) is 5.69 Å². The Morgan fingerprint density at radius 1 is 1.17 bits per heavy atom. The zero-order chi connectivity index (χ0) is 21.1. The molecule has 0 saturated heterocycles. The van der Waals surface area contributed by atoms with E-state index in [1.165, 1.54) is 0 Å². The van der Waals surface area contributed by atoms with Crippen molar-refractivity contribution in [1.82, 2.24) is 14.6 Å². The van der Waals surface area contributed by atoms with E-state index in [0.29, 0.717) is 17.1 Å². The average molecular weight is 415 g/mol. The molecule has 0 bridgehead atoms. The Balaban J connectivity index is 1.55.